The van der Waals surface area contributed by atoms with Crippen molar-refractivity contribution in [3.8, 4) is 5.75 Å². The maximum atomic E-state index is 14.2. The van der Waals surface area contributed by atoms with Gasteiger partial charge in [-0.05, 0) is 55.3 Å². The Morgan fingerprint density at radius 1 is 0.972 bits per heavy atom. The molecule has 1 aliphatic heterocycles. The zero-order valence-corrected chi connectivity index (χ0v) is 21.4. The summed E-state index contributed by atoms with van der Waals surface area (Å²) in [5.74, 6) is -0.440. The van der Waals surface area contributed by atoms with Gasteiger partial charge in [0.25, 0.3) is 10.0 Å². The minimum absolute atomic E-state index is 0.0653. The topological polar surface area (TPSA) is 72.9 Å². The van der Waals surface area contributed by atoms with Crippen molar-refractivity contribution in [1.82, 2.24) is 4.31 Å². The third kappa shape index (κ3) is 4.79. The van der Waals surface area contributed by atoms with Crippen molar-refractivity contribution in [1.29, 1.82) is 0 Å². The summed E-state index contributed by atoms with van der Waals surface area (Å²) in [7, 11) is -2.49. The number of methoxy groups -OCH3 is 1. The van der Waals surface area contributed by atoms with E-state index in [-0.39, 0.29) is 17.1 Å². The predicted octanol–water partition coefficient (Wildman–Crippen LogP) is 5.32. The quantitative estimate of drug-likeness (QED) is 0.307. The Labute approximate surface area is 212 Å². The maximum absolute atomic E-state index is 14.2. The largest absolute Gasteiger partial charge is 0.497 e. The van der Waals surface area contributed by atoms with E-state index in [0.717, 1.165) is 11.1 Å². The van der Waals surface area contributed by atoms with Gasteiger partial charge in [0.05, 0.1) is 35.9 Å². The zero-order chi connectivity index (χ0) is 25.9. The van der Waals surface area contributed by atoms with Gasteiger partial charge in [-0.25, -0.2) is 13.2 Å². The van der Waals surface area contributed by atoms with Crippen LogP contribution in [-0.4, -0.2) is 38.5 Å². The van der Waals surface area contributed by atoms with Crippen molar-refractivity contribution in [2.45, 2.75) is 30.7 Å². The van der Waals surface area contributed by atoms with E-state index in [0.29, 0.717) is 17.0 Å². The van der Waals surface area contributed by atoms with Crippen LogP contribution in [0.4, 0.5) is 0 Å². The molecule has 0 amide bonds. The molecule has 1 aliphatic rings. The van der Waals surface area contributed by atoms with Gasteiger partial charge in [0.15, 0.2) is 0 Å². The van der Waals surface area contributed by atoms with Gasteiger partial charge in [0, 0.05) is 5.92 Å². The van der Waals surface area contributed by atoms with Crippen LogP contribution >= 0.6 is 0 Å². The Balaban J connectivity index is 1.93. The predicted molar refractivity (Wildman–Crippen MR) is 140 cm³/mol. The average Bonchev–Trinajstić information content (AvgIpc) is 3.31. The van der Waals surface area contributed by atoms with Crippen LogP contribution in [0.15, 0.2) is 102 Å². The number of hydrogen-bond acceptors (Lipinski definition) is 5. The fourth-order valence-electron chi connectivity index (χ4n) is 4.37. The first-order valence-electron chi connectivity index (χ1n) is 11.7. The standard InChI is InChI=1S/C29H29NO5S/c1-5-35-29(31)21(3)28-26(22-13-15-24(34-4)16-14-22)19-27(23-9-7-6-8-10-23)30(28)36(32,33)25-17-11-20(2)12-18-25/h6-19,26,28H,3,5H2,1-2,4H3/t26-,28-/m1/s1. The normalized spacial score (nSPS) is 17.4. The number of nitrogens with zero attached hydrogens (tertiary/aromatic N) is 1. The molecule has 3 aromatic rings. The van der Waals surface area contributed by atoms with E-state index in [2.05, 4.69) is 6.58 Å². The van der Waals surface area contributed by atoms with Crippen LogP contribution < -0.4 is 4.74 Å². The number of hydrogen-bond donors (Lipinski definition) is 0. The molecule has 0 spiro atoms. The zero-order valence-electron chi connectivity index (χ0n) is 20.5. The monoisotopic (exact) mass is 503 g/mol. The molecule has 7 heteroatoms. The summed E-state index contributed by atoms with van der Waals surface area (Å²) < 4.78 is 40.2. The van der Waals surface area contributed by atoms with Gasteiger partial charge in [-0.15, -0.1) is 0 Å². The van der Waals surface area contributed by atoms with Gasteiger partial charge in [-0.1, -0.05) is 66.7 Å². The number of ether oxygens (including phenoxy) is 2. The third-order valence-corrected chi connectivity index (χ3v) is 8.02. The first-order chi connectivity index (χ1) is 17.3. The van der Waals surface area contributed by atoms with Crippen LogP contribution in [0.2, 0.25) is 0 Å². The summed E-state index contributed by atoms with van der Waals surface area (Å²) in [6.45, 7) is 7.78. The van der Waals surface area contributed by atoms with E-state index in [1.165, 1.54) is 4.31 Å². The second-order valence-corrected chi connectivity index (χ2v) is 10.3. The van der Waals surface area contributed by atoms with Gasteiger partial charge >= 0.3 is 5.97 Å². The van der Waals surface area contributed by atoms with Crippen LogP contribution in [0.25, 0.3) is 5.70 Å². The Morgan fingerprint density at radius 3 is 2.19 bits per heavy atom. The summed E-state index contributed by atoms with van der Waals surface area (Å²) >= 11 is 0. The molecule has 0 aliphatic carbocycles. The average molecular weight is 504 g/mol. The number of carbonyl (C=O) groups is 1. The van der Waals surface area contributed by atoms with E-state index in [1.807, 2.05) is 67.6 Å². The van der Waals surface area contributed by atoms with Crippen molar-refractivity contribution in [3.63, 3.8) is 0 Å². The highest BCUT2D eigenvalue weighted by Crippen LogP contribution is 2.45. The number of rotatable bonds is 8. The second kappa shape index (κ2) is 10.4. The molecule has 1 heterocycles. The molecule has 2 atom stereocenters. The van der Waals surface area contributed by atoms with E-state index in [1.54, 1.807) is 38.3 Å². The Hall–Kier alpha value is -3.84. The molecular formula is C29H29NO5S. The highest BCUT2D eigenvalue weighted by molar-refractivity contribution is 7.89. The molecule has 0 unspecified atom stereocenters. The molecule has 36 heavy (non-hydrogen) atoms. The SMILES string of the molecule is C=C(C(=O)OCC)[C@@H]1[C@@H](c2ccc(OC)cc2)C=C(c2ccccc2)N1S(=O)(=O)c1ccc(C)cc1. The Kier molecular flexibility index (Phi) is 7.31. The molecule has 0 saturated carbocycles. The van der Waals surface area contributed by atoms with Crippen LogP contribution in [0.3, 0.4) is 0 Å². The number of aryl methyl sites for hydroxylation is 1. The Bertz CT molecular complexity index is 1380. The van der Waals surface area contributed by atoms with Gasteiger partial charge in [0.2, 0.25) is 0 Å². The molecular weight excluding hydrogens is 474 g/mol. The molecule has 0 fully saturated rings. The number of esters is 1. The van der Waals surface area contributed by atoms with Gasteiger partial charge in [-0.3, -0.25) is 4.31 Å². The highest BCUT2D eigenvalue weighted by atomic mass is 32.2. The highest BCUT2D eigenvalue weighted by Gasteiger charge is 2.46. The lowest BCUT2D eigenvalue weighted by atomic mass is 9.89. The van der Waals surface area contributed by atoms with E-state index in [9.17, 15) is 13.2 Å². The number of carbonyl (C=O) groups excluding carboxylic acids is 1. The minimum Gasteiger partial charge on any atom is -0.497 e. The van der Waals surface area contributed by atoms with Crippen LogP contribution in [0, 0.1) is 6.92 Å². The van der Waals surface area contributed by atoms with Crippen molar-refractivity contribution >= 4 is 21.7 Å². The molecule has 0 N–H and O–H groups in total. The minimum atomic E-state index is -4.08. The molecule has 3 aromatic carbocycles. The number of sulfonamides is 1. The third-order valence-electron chi connectivity index (χ3n) is 6.21. The van der Waals surface area contributed by atoms with Crippen molar-refractivity contribution in [2.75, 3.05) is 13.7 Å². The second-order valence-electron chi connectivity index (χ2n) is 8.52. The van der Waals surface area contributed by atoms with Crippen molar-refractivity contribution in [2.24, 2.45) is 0 Å². The lowest BCUT2D eigenvalue weighted by Crippen LogP contribution is -2.41. The fourth-order valence-corrected chi connectivity index (χ4v) is 6.06. The number of benzene rings is 3. The fraction of sp³-hybridized carbons (Fsp3) is 0.207. The van der Waals surface area contributed by atoms with E-state index < -0.39 is 28.0 Å². The summed E-state index contributed by atoms with van der Waals surface area (Å²) in [5, 5.41) is 0. The molecule has 0 saturated heterocycles. The summed E-state index contributed by atoms with van der Waals surface area (Å²) in [5.41, 5.74) is 3.02. The molecule has 186 valence electrons. The Morgan fingerprint density at radius 2 is 1.61 bits per heavy atom. The van der Waals surface area contributed by atoms with Crippen molar-refractivity contribution < 1.29 is 22.7 Å². The molecule has 6 nitrogen and oxygen atoms in total. The first-order valence-corrected chi connectivity index (χ1v) is 13.1. The molecule has 0 radical (unpaired) electrons. The van der Waals surface area contributed by atoms with Crippen LogP contribution in [-0.2, 0) is 19.6 Å². The van der Waals surface area contributed by atoms with Crippen LogP contribution in [0.1, 0.15) is 29.5 Å². The molecule has 4 rings (SSSR count). The van der Waals surface area contributed by atoms with Crippen LogP contribution in [0.5, 0.6) is 5.75 Å². The summed E-state index contributed by atoms with van der Waals surface area (Å²) in [4.78, 5) is 13.0. The maximum Gasteiger partial charge on any atom is 0.335 e. The van der Waals surface area contributed by atoms with Crippen molar-refractivity contribution in [3.05, 3.63) is 114 Å². The summed E-state index contributed by atoms with van der Waals surface area (Å²) in [6.07, 6.45) is 1.89. The van der Waals surface area contributed by atoms with E-state index >= 15 is 0 Å². The van der Waals surface area contributed by atoms with Gasteiger partial charge < -0.3 is 9.47 Å². The molecule has 0 aromatic heterocycles. The smallest absolute Gasteiger partial charge is 0.335 e. The molecule has 0 bridgehead atoms. The lowest BCUT2D eigenvalue weighted by Gasteiger charge is -2.32. The lowest BCUT2D eigenvalue weighted by molar-refractivity contribution is -0.139. The van der Waals surface area contributed by atoms with Gasteiger partial charge in [0.1, 0.15) is 5.75 Å². The first kappa shape index (κ1) is 25.3. The van der Waals surface area contributed by atoms with E-state index in [4.69, 9.17) is 9.47 Å². The summed E-state index contributed by atoms with van der Waals surface area (Å²) in [6, 6.07) is 22.4. The van der Waals surface area contributed by atoms with Gasteiger partial charge in [-0.2, -0.15) is 0 Å².